The van der Waals surface area contributed by atoms with Gasteiger partial charge >= 0.3 is 0 Å². The standard InChI is InChI=1S/C21H18ClN5O/c1-3-6-18(23-4-2)21(28)24-17-11-9-14(10-12-17)19-25-20(27-26-19)15-7-5-8-16(22)13-15/h3-13H,1H2,2H3,(H,24,28)(H,25,26,27)/b18-6-,23-4?. The van der Waals surface area contributed by atoms with E-state index >= 15 is 0 Å². The zero-order valence-corrected chi connectivity index (χ0v) is 15.9. The molecule has 0 aliphatic rings. The Kier molecular flexibility index (Phi) is 6.14. The van der Waals surface area contributed by atoms with E-state index in [4.69, 9.17) is 11.6 Å². The van der Waals surface area contributed by atoms with Crippen molar-refractivity contribution in [1.82, 2.24) is 15.2 Å². The Labute approximate surface area is 167 Å². The highest BCUT2D eigenvalue weighted by atomic mass is 35.5. The lowest BCUT2D eigenvalue weighted by molar-refractivity contribution is -0.112. The van der Waals surface area contributed by atoms with Gasteiger partial charge in [0.2, 0.25) is 0 Å². The van der Waals surface area contributed by atoms with E-state index in [1.807, 2.05) is 24.3 Å². The molecule has 1 heterocycles. The first-order valence-corrected chi connectivity index (χ1v) is 8.90. The van der Waals surface area contributed by atoms with Crippen LogP contribution in [0.1, 0.15) is 6.92 Å². The van der Waals surface area contributed by atoms with Crippen molar-refractivity contribution in [1.29, 1.82) is 0 Å². The van der Waals surface area contributed by atoms with Gasteiger partial charge in [-0.2, -0.15) is 5.10 Å². The molecule has 0 aliphatic heterocycles. The van der Waals surface area contributed by atoms with E-state index in [-0.39, 0.29) is 11.6 Å². The fourth-order valence-electron chi connectivity index (χ4n) is 2.48. The first-order valence-electron chi connectivity index (χ1n) is 8.52. The summed E-state index contributed by atoms with van der Waals surface area (Å²) in [6.45, 7) is 5.34. The van der Waals surface area contributed by atoms with Crippen LogP contribution in [0.4, 0.5) is 5.69 Å². The molecule has 0 saturated heterocycles. The molecule has 2 aromatic carbocycles. The van der Waals surface area contributed by atoms with Crippen LogP contribution in [0.15, 0.2) is 78.0 Å². The van der Waals surface area contributed by atoms with Gasteiger partial charge < -0.3 is 5.32 Å². The second-order valence-electron chi connectivity index (χ2n) is 5.72. The average molecular weight is 392 g/mol. The monoisotopic (exact) mass is 391 g/mol. The molecule has 140 valence electrons. The van der Waals surface area contributed by atoms with Gasteiger partial charge in [0.25, 0.3) is 5.91 Å². The topological polar surface area (TPSA) is 83.0 Å². The van der Waals surface area contributed by atoms with Gasteiger partial charge in [-0.1, -0.05) is 36.4 Å². The van der Waals surface area contributed by atoms with Crippen molar-refractivity contribution in [2.24, 2.45) is 4.99 Å². The number of aromatic amines is 1. The van der Waals surface area contributed by atoms with Crippen LogP contribution >= 0.6 is 11.6 Å². The van der Waals surface area contributed by atoms with Crippen molar-refractivity contribution in [3.63, 3.8) is 0 Å². The second kappa shape index (κ2) is 8.92. The third-order valence-corrected chi connectivity index (χ3v) is 4.00. The number of allylic oxidation sites excluding steroid dienone is 2. The number of aromatic nitrogens is 3. The molecule has 0 unspecified atom stereocenters. The Morgan fingerprint density at radius 3 is 2.68 bits per heavy atom. The number of anilines is 1. The third-order valence-electron chi connectivity index (χ3n) is 3.76. The molecule has 28 heavy (non-hydrogen) atoms. The molecule has 1 aromatic heterocycles. The van der Waals surface area contributed by atoms with Gasteiger partial charge in [-0.05, 0) is 49.4 Å². The van der Waals surface area contributed by atoms with Crippen LogP contribution in [-0.2, 0) is 4.79 Å². The zero-order valence-electron chi connectivity index (χ0n) is 15.2. The van der Waals surface area contributed by atoms with Crippen LogP contribution in [-0.4, -0.2) is 27.3 Å². The van der Waals surface area contributed by atoms with Crippen LogP contribution in [0, 0.1) is 0 Å². The largest absolute Gasteiger partial charge is 0.321 e. The molecular weight excluding hydrogens is 374 g/mol. The Morgan fingerprint density at radius 2 is 2.00 bits per heavy atom. The van der Waals surface area contributed by atoms with Crippen molar-refractivity contribution in [3.8, 4) is 22.8 Å². The number of benzene rings is 2. The number of H-pyrrole nitrogens is 1. The van der Waals surface area contributed by atoms with Gasteiger partial charge in [-0.3, -0.25) is 14.9 Å². The number of hydrogen-bond donors (Lipinski definition) is 2. The van der Waals surface area contributed by atoms with Crippen molar-refractivity contribution < 1.29 is 4.79 Å². The van der Waals surface area contributed by atoms with E-state index in [0.29, 0.717) is 22.4 Å². The number of amides is 1. The molecule has 7 heteroatoms. The van der Waals surface area contributed by atoms with Crippen molar-refractivity contribution in [2.75, 3.05) is 5.32 Å². The predicted octanol–water partition coefficient (Wildman–Crippen LogP) is 4.89. The number of carbonyl (C=O) groups excluding carboxylic acids is 1. The molecule has 0 radical (unpaired) electrons. The van der Waals surface area contributed by atoms with Crippen molar-refractivity contribution >= 4 is 29.4 Å². The molecule has 0 spiro atoms. The SMILES string of the molecule is C=C/C=C(\N=CC)C(=O)Nc1ccc(-c2nc(-c3cccc(Cl)c3)n[nH]2)cc1. The second-order valence-corrected chi connectivity index (χ2v) is 6.16. The lowest BCUT2D eigenvalue weighted by atomic mass is 10.2. The number of rotatable bonds is 6. The molecule has 1 amide bonds. The van der Waals surface area contributed by atoms with Gasteiger partial charge in [0.05, 0.1) is 0 Å². The van der Waals surface area contributed by atoms with Gasteiger partial charge in [0.1, 0.15) is 5.70 Å². The molecule has 2 N–H and O–H groups in total. The number of carbonyl (C=O) groups is 1. The number of halogens is 1. The summed E-state index contributed by atoms with van der Waals surface area (Å²) >= 11 is 6.02. The fourth-order valence-corrected chi connectivity index (χ4v) is 2.67. The minimum absolute atomic E-state index is 0.281. The molecule has 0 fully saturated rings. The number of nitrogens with one attached hydrogen (secondary N) is 2. The maximum Gasteiger partial charge on any atom is 0.274 e. The summed E-state index contributed by atoms with van der Waals surface area (Å²) in [5.74, 6) is 0.871. The van der Waals surface area contributed by atoms with E-state index < -0.39 is 0 Å². The first kappa shape index (κ1) is 19.3. The van der Waals surface area contributed by atoms with Gasteiger partial charge in [-0.25, -0.2) is 4.98 Å². The summed E-state index contributed by atoms with van der Waals surface area (Å²) in [6, 6.07) is 14.6. The third kappa shape index (κ3) is 4.61. The number of nitrogens with zero attached hydrogens (tertiary/aromatic N) is 3. The van der Waals surface area contributed by atoms with E-state index in [9.17, 15) is 4.79 Å². The van der Waals surface area contributed by atoms with Crippen LogP contribution in [0.3, 0.4) is 0 Å². The smallest absolute Gasteiger partial charge is 0.274 e. The van der Waals surface area contributed by atoms with Crippen LogP contribution in [0.5, 0.6) is 0 Å². The number of hydrogen-bond acceptors (Lipinski definition) is 4. The Balaban J connectivity index is 1.75. The van der Waals surface area contributed by atoms with E-state index in [1.54, 1.807) is 43.5 Å². The van der Waals surface area contributed by atoms with Crippen LogP contribution in [0.25, 0.3) is 22.8 Å². The molecule has 0 atom stereocenters. The molecule has 6 nitrogen and oxygen atoms in total. The Hall–Kier alpha value is -3.51. The van der Waals surface area contributed by atoms with E-state index in [0.717, 1.165) is 11.1 Å². The molecule has 3 rings (SSSR count). The highest BCUT2D eigenvalue weighted by molar-refractivity contribution is 6.30. The minimum Gasteiger partial charge on any atom is -0.321 e. The summed E-state index contributed by atoms with van der Waals surface area (Å²) in [5.41, 5.74) is 2.59. The lowest BCUT2D eigenvalue weighted by Gasteiger charge is -2.06. The highest BCUT2D eigenvalue weighted by Gasteiger charge is 2.10. The molecular formula is C21H18ClN5O. The summed E-state index contributed by atoms with van der Waals surface area (Å²) < 4.78 is 0. The summed E-state index contributed by atoms with van der Waals surface area (Å²) in [6.07, 6.45) is 4.63. The van der Waals surface area contributed by atoms with Crippen molar-refractivity contribution in [3.05, 3.63) is 78.0 Å². The molecule has 3 aromatic rings. The summed E-state index contributed by atoms with van der Waals surface area (Å²) in [5, 5.41) is 10.6. The maximum absolute atomic E-state index is 12.3. The van der Waals surface area contributed by atoms with Crippen LogP contribution < -0.4 is 5.32 Å². The van der Waals surface area contributed by atoms with Crippen LogP contribution in [0.2, 0.25) is 5.02 Å². The maximum atomic E-state index is 12.3. The number of aliphatic imine (C=N–C) groups is 1. The molecule has 0 aliphatic carbocycles. The Bertz CT molecular complexity index is 1050. The summed E-state index contributed by atoms with van der Waals surface area (Å²) in [4.78, 5) is 20.8. The highest BCUT2D eigenvalue weighted by Crippen LogP contribution is 2.23. The minimum atomic E-state index is -0.311. The molecule has 0 bridgehead atoms. The van der Waals surface area contributed by atoms with E-state index in [1.165, 1.54) is 6.08 Å². The van der Waals surface area contributed by atoms with Gasteiger partial charge in [0, 0.05) is 28.1 Å². The van der Waals surface area contributed by atoms with Gasteiger partial charge in [0.15, 0.2) is 11.6 Å². The first-order chi connectivity index (χ1) is 13.6. The average Bonchev–Trinajstić information content (AvgIpc) is 3.19. The van der Waals surface area contributed by atoms with E-state index in [2.05, 4.69) is 32.1 Å². The van der Waals surface area contributed by atoms with Crippen molar-refractivity contribution in [2.45, 2.75) is 6.92 Å². The molecule has 0 saturated carbocycles. The summed E-state index contributed by atoms with van der Waals surface area (Å²) in [7, 11) is 0. The lowest BCUT2D eigenvalue weighted by Crippen LogP contribution is -2.13. The van der Waals surface area contributed by atoms with Gasteiger partial charge in [-0.15, -0.1) is 0 Å². The Morgan fingerprint density at radius 1 is 1.21 bits per heavy atom. The quantitative estimate of drug-likeness (QED) is 0.356. The fraction of sp³-hybridized carbons (Fsp3) is 0.0476. The predicted molar refractivity (Wildman–Crippen MR) is 113 cm³/mol. The zero-order chi connectivity index (χ0) is 19.9. The normalized spacial score (nSPS) is 11.6.